The summed E-state index contributed by atoms with van der Waals surface area (Å²) in [6, 6.07) is 3.11. The Morgan fingerprint density at radius 1 is 1.39 bits per heavy atom. The number of nitrogens with two attached hydrogens (primary N) is 1. The molecule has 1 saturated heterocycles. The molecule has 1 saturated carbocycles. The van der Waals surface area contributed by atoms with E-state index in [0.717, 1.165) is 24.2 Å². The molecule has 6 nitrogen and oxygen atoms in total. The molecule has 23 heavy (non-hydrogen) atoms. The Kier molecular flexibility index (Phi) is 5.97. The predicted molar refractivity (Wildman–Crippen MR) is 92.5 cm³/mol. The van der Waals surface area contributed by atoms with E-state index < -0.39 is 10.0 Å². The van der Waals surface area contributed by atoms with Gasteiger partial charge in [0, 0.05) is 19.1 Å². The molecule has 3 N–H and O–H groups in total. The Hall–Kier alpha value is -0.380. The molecule has 3 rings (SSSR count). The minimum atomic E-state index is -3.68. The normalized spacial score (nSPS) is 26.9. The van der Waals surface area contributed by atoms with Crippen molar-refractivity contribution < 1.29 is 13.2 Å². The number of halogens is 2. The topological polar surface area (TPSA) is 92.5 Å². The van der Waals surface area contributed by atoms with Gasteiger partial charge in [0.2, 0.25) is 5.91 Å². The monoisotopic (exact) mass is 399 g/mol. The molecule has 1 aliphatic carbocycles. The van der Waals surface area contributed by atoms with Gasteiger partial charge in [-0.15, -0.1) is 23.7 Å². The van der Waals surface area contributed by atoms with E-state index in [-0.39, 0.29) is 35.1 Å². The molecule has 0 radical (unpaired) electrons. The number of hydrogen-bond acceptors (Lipinski definition) is 5. The summed E-state index contributed by atoms with van der Waals surface area (Å²) in [7, 11) is -3.68. The van der Waals surface area contributed by atoms with Crippen molar-refractivity contribution in [1.82, 2.24) is 9.62 Å². The summed E-state index contributed by atoms with van der Waals surface area (Å²) in [5.41, 5.74) is 6.04. The molecule has 0 aromatic carbocycles. The number of carbonyl (C=O) groups excluding carboxylic acids is 1. The predicted octanol–water partition coefficient (Wildman–Crippen LogP) is 1.30. The zero-order valence-corrected chi connectivity index (χ0v) is 15.5. The van der Waals surface area contributed by atoms with E-state index in [1.165, 1.54) is 12.1 Å². The molecule has 130 valence electrons. The van der Waals surface area contributed by atoms with Crippen molar-refractivity contribution in [2.75, 3.05) is 19.6 Å². The van der Waals surface area contributed by atoms with E-state index >= 15 is 0 Å². The molecule has 1 aromatic heterocycles. The van der Waals surface area contributed by atoms with Gasteiger partial charge < -0.3 is 10.6 Å². The lowest BCUT2D eigenvalue weighted by Crippen LogP contribution is -2.40. The molecular weight excluding hydrogens is 381 g/mol. The van der Waals surface area contributed by atoms with Gasteiger partial charge in [-0.25, -0.2) is 13.1 Å². The minimum absolute atomic E-state index is 0. The van der Waals surface area contributed by atoms with Crippen molar-refractivity contribution in [3.8, 4) is 0 Å². The van der Waals surface area contributed by atoms with Gasteiger partial charge in [-0.3, -0.25) is 4.79 Å². The summed E-state index contributed by atoms with van der Waals surface area (Å²) in [5, 5.41) is 0. The van der Waals surface area contributed by atoms with Crippen LogP contribution in [-0.2, 0) is 14.8 Å². The Bertz CT molecular complexity index is 680. The maximum atomic E-state index is 12.2. The van der Waals surface area contributed by atoms with Crippen molar-refractivity contribution in [3.05, 3.63) is 16.5 Å². The van der Waals surface area contributed by atoms with Crippen LogP contribution in [0.5, 0.6) is 0 Å². The quantitative estimate of drug-likeness (QED) is 0.797. The summed E-state index contributed by atoms with van der Waals surface area (Å²) in [6.07, 6.45) is 2.07. The van der Waals surface area contributed by atoms with Crippen LogP contribution in [0.1, 0.15) is 12.8 Å². The lowest BCUT2D eigenvalue weighted by molar-refractivity contribution is -0.129. The van der Waals surface area contributed by atoms with Crippen LogP contribution >= 0.6 is 35.3 Å². The second-order valence-corrected chi connectivity index (χ2v) is 9.56. The van der Waals surface area contributed by atoms with Crippen molar-refractivity contribution in [2.24, 2.45) is 17.6 Å². The third kappa shape index (κ3) is 4.00. The first-order valence-corrected chi connectivity index (χ1v) is 9.83. The van der Waals surface area contributed by atoms with Crippen molar-refractivity contribution in [3.63, 3.8) is 0 Å². The van der Waals surface area contributed by atoms with E-state index in [2.05, 4.69) is 4.72 Å². The van der Waals surface area contributed by atoms with Crippen LogP contribution in [0.25, 0.3) is 0 Å². The summed E-state index contributed by atoms with van der Waals surface area (Å²) in [6.45, 7) is 1.09. The lowest BCUT2D eigenvalue weighted by atomic mass is 9.98. The SMILES string of the molecule is Cl.NC1CCC2CN(C(=O)CNS(=O)(=O)c3ccc(Cl)s3)CC12. The number of nitrogens with zero attached hydrogens (tertiary/aromatic N) is 1. The first kappa shape index (κ1) is 19.0. The van der Waals surface area contributed by atoms with Gasteiger partial charge in [0.15, 0.2) is 0 Å². The van der Waals surface area contributed by atoms with Crippen molar-refractivity contribution >= 4 is 51.3 Å². The summed E-state index contributed by atoms with van der Waals surface area (Å²) in [4.78, 5) is 13.9. The molecule has 3 atom stereocenters. The Balaban J connectivity index is 0.00000192. The maximum Gasteiger partial charge on any atom is 0.250 e. The van der Waals surface area contributed by atoms with Gasteiger partial charge in [0.1, 0.15) is 4.21 Å². The lowest BCUT2D eigenvalue weighted by Gasteiger charge is -2.18. The van der Waals surface area contributed by atoms with Crippen LogP contribution in [0, 0.1) is 11.8 Å². The van der Waals surface area contributed by atoms with Gasteiger partial charge in [0.25, 0.3) is 10.0 Å². The molecule has 1 aliphatic heterocycles. The number of fused-ring (bicyclic) bond motifs is 1. The van der Waals surface area contributed by atoms with Crippen molar-refractivity contribution in [2.45, 2.75) is 23.1 Å². The average molecular weight is 400 g/mol. The van der Waals surface area contributed by atoms with Gasteiger partial charge in [-0.2, -0.15) is 0 Å². The minimum Gasteiger partial charge on any atom is -0.341 e. The van der Waals surface area contributed by atoms with Crippen LogP contribution in [0.15, 0.2) is 16.3 Å². The maximum absolute atomic E-state index is 12.2. The number of amides is 1. The van der Waals surface area contributed by atoms with E-state index in [9.17, 15) is 13.2 Å². The Morgan fingerprint density at radius 2 is 2.13 bits per heavy atom. The van der Waals surface area contributed by atoms with Crippen LogP contribution in [0.2, 0.25) is 4.34 Å². The number of likely N-dealkylation sites (tertiary alicyclic amines) is 1. The van der Waals surface area contributed by atoms with Gasteiger partial charge in [0.05, 0.1) is 10.9 Å². The molecule has 1 aromatic rings. The number of nitrogens with one attached hydrogen (secondary N) is 1. The highest BCUT2D eigenvalue weighted by Gasteiger charge is 2.42. The highest BCUT2D eigenvalue weighted by atomic mass is 35.5. The Morgan fingerprint density at radius 3 is 2.74 bits per heavy atom. The fourth-order valence-electron chi connectivity index (χ4n) is 3.29. The fourth-order valence-corrected chi connectivity index (χ4v) is 5.79. The second-order valence-electron chi connectivity index (χ2n) is 5.85. The largest absolute Gasteiger partial charge is 0.341 e. The van der Waals surface area contributed by atoms with E-state index in [1.807, 2.05) is 0 Å². The molecule has 0 bridgehead atoms. The highest BCUT2D eigenvalue weighted by Crippen LogP contribution is 2.37. The summed E-state index contributed by atoms with van der Waals surface area (Å²) >= 11 is 6.71. The molecule has 0 spiro atoms. The molecule has 3 unspecified atom stereocenters. The number of hydrogen-bond donors (Lipinski definition) is 2. The third-order valence-electron chi connectivity index (χ3n) is 4.49. The number of thiophene rings is 1. The van der Waals surface area contributed by atoms with Gasteiger partial charge >= 0.3 is 0 Å². The number of carbonyl (C=O) groups is 1. The smallest absolute Gasteiger partial charge is 0.250 e. The van der Waals surface area contributed by atoms with Crippen molar-refractivity contribution in [1.29, 1.82) is 0 Å². The summed E-state index contributed by atoms with van der Waals surface area (Å²) < 4.78 is 27.0. The fraction of sp³-hybridized carbons (Fsp3) is 0.615. The average Bonchev–Trinajstić information content (AvgIpc) is 3.14. The second kappa shape index (κ2) is 7.25. The first-order valence-electron chi connectivity index (χ1n) is 7.15. The zero-order chi connectivity index (χ0) is 15.9. The van der Waals surface area contributed by atoms with Crippen LogP contribution in [0.4, 0.5) is 0 Å². The molecule has 2 fully saturated rings. The molecule has 1 amide bonds. The van der Waals surface area contributed by atoms with Gasteiger partial charge in [-0.05, 0) is 36.8 Å². The first-order chi connectivity index (χ1) is 10.4. The standard InChI is InChI=1S/C13H18ClN3O3S2.ClH/c14-11-3-4-13(21-11)22(19,20)16-5-12(18)17-6-8-1-2-10(15)9(8)7-17;/h3-4,8-10,16H,1-2,5-7,15H2;1H. The molecule has 10 heteroatoms. The number of rotatable bonds is 4. The van der Waals surface area contributed by atoms with Crippen LogP contribution < -0.4 is 10.5 Å². The van der Waals surface area contributed by atoms with Crippen LogP contribution in [-0.4, -0.2) is 44.9 Å². The highest BCUT2D eigenvalue weighted by molar-refractivity contribution is 7.91. The van der Waals surface area contributed by atoms with E-state index in [4.69, 9.17) is 17.3 Å². The molecule has 2 aliphatic rings. The Labute approximate surface area is 150 Å². The summed E-state index contributed by atoms with van der Waals surface area (Å²) in [5.74, 6) is 0.621. The molecular formula is C13H19Cl2N3O3S2. The van der Waals surface area contributed by atoms with Crippen LogP contribution in [0.3, 0.4) is 0 Å². The van der Waals surface area contributed by atoms with E-state index in [1.54, 1.807) is 4.90 Å². The zero-order valence-electron chi connectivity index (χ0n) is 12.3. The van der Waals surface area contributed by atoms with Gasteiger partial charge in [-0.1, -0.05) is 11.6 Å². The molecule has 2 heterocycles. The van der Waals surface area contributed by atoms with E-state index in [0.29, 0.717) is 29.3 Å². The number of sulfonamides is 1. The third-order valence-corrected chi connectivity index (χ3v) is 7.62.